The van der Waals surface area contributed by atoms with Crippen LogP contribution < -0.4 is 4.16 Å². The van der Waals surface area contributed by atoms with Crippen LogP contribution in [-0.4, -0.2) is 0 Å². The lowest BCUT2D eigenvalue weighted by Crippen LogP contribution is -2.02. The van der Waals surface area contributed by atoms with Crippen molar-refractivity contribution in [1.29, 1.82) is 0 Å². The molecule has 1 unspecified atom stereocenters. The minimum absolute atomic E-state index is 0.443. The summed E-state index contributed by atoms with van der Waals surface area (Å²) in [4.78, 5) is 1.90. The highest BCUT2D eigenvalue weighted by atomic mass is 35.5. The van der Waals surface area contributed by atoms with Crippen LogP contribution in [0.15, 0.2) is 21.9 Å². The third-order valence-corrected chi connectivity index (χ3v) is 5.81. The summed E-state index contributed by atoms with van der Waals surface area (Å²) >= 11 is 11.7. The molecular weight excluding hydrogens is 235 g/mol. The van der Waals surface area contributed by atoms with Crippen molar-refractivity contribution in [2.24, 2.45) is 0 Å². The van der Waals surface area contributed by atoms with Crippen LogP contribution in [0.4, 0.5) is 0 Å². The molecule has 2 rings (SSSR count). The fraction of sp³-hybridized carbons (Fsp3) is 0. The zero-order valence-corrected chi connectivity index (χ0v) is 8.77. The van der Waals surface area contributed by atoms with Crippen LogP contribution in [0.25, 0.3) is 5.53 Å². The quantitative estimate of drug-likeness (QED) is 0.387. The van der Waals surface area contributed by atoms with Gasteiger partial charge < -0.3 is 5.53 Å². The van der Waals surface area contributed by atoms with Crippen LogP contribution >= 0.6 is 34.0 Å². The molecule has 0 saturated carbocycles. The molecule has 0 aromatic heterocycles. The van der Waals surface area contributed by atoms with Crippen molar-refractivity contribution in [3.05, 3.63) is 27.7 Å². The Balaban J connectivity index is 2.67. The molecule has 0 bridgehead atoms. The molecule has 1 heterocycles. The second-order valence-corrected chi connectivity index (χ2v) is 6.01. The molecule has 0 N–H and O–H groups in total. The lowest BCUT2D eigenvalue weighted by molar-refractivity contribution is 1.23. The van der Waals surface area contributed by atoms with Gasteiger partial charge in [0.05, 0.1) is 14.9 Å². The van der Waals surface area contributed by atoms with E-state index in [2.05, 4.69) is 4.16 Å². The smallest absolute Gasteiger partial charge is 0.257 e. The Morgan fingerprint density at radius 3 is 2.83 bits per heavy atom. The van der Waals surface area contributed by atoms with E-state index in [4.69, 9.17) is 28.7 Å². The molecule has 62 valence electrons. The van der Waals surface area contributed by atoms with Gasteiger partial charge in [0.2, 0.25) is 0 Å². The number of rotatable bonds is 0. The van der Waals surface area contributed by atoms with Gasteiger partial charge in [-0.25, -0.2) is 0 Å². The number of nitrogens with zero attached hydrogens (tertiary/aromatic N) is 2. The van der Waals surface area contributed by atoms with E-state index in [1.54, 1.807) is 6.07 Å². The molecular formula is C6H2Cl2N2S2. The number of fused-ring (bicyclic) bond motifs is 1. The van der Waals surface area contributed by atoms with Gasteiger partial charge in [-0.15, -0.1) is 4.16 Å². The maximum absolute atomic E-state index is 8.53. The summed E-state index contributed by atoms with van der Waals surface area (Å²) in [6.07, 6.45) is 0. The summed E-state index contributed by atoms with van der Waals surface area (Å²) in [6, 6.07) is 3.55. The van der Waals surface area contributed by atoms with Gasteiger partial charge in [0.1, 0.15) is 4.90 Å². The van der Waals surface area contributed by atoms with E-state index in [0.29, 0.717) is 10.0 Å². The predicted octanol–water partition coefficient (Wildman–Crippen LogP) is 3.26. The predicted molar refractivity (Wildman–Crippen MR) is 53.4 cm³/mol. The number of hydrogen-bond acceptors (Lipinski definition) is 1. The standard InChI is InChI=1S/C6H2Cl2N2S2/c7-3-1-2-4-6(5(3)8)11-12(4)10-9/h1-2H. The summed E-state index contributed by atoms with van der Waals surface area (Å²) in [6.45, 7) is 0. The third-order valence-electron chi connectivity index (χ3n) is 1.44. The first-order valence-electron chi connectivity index (χ1n) is 3.00. The van der Waals surface area contributed by atoms with Crippen LogP contribution in [0.5, 0.6) is 0 Å². The van der Waals surface area contributed by atoms with E-state index >= 15 is 0 Å². The maximum Gasteiger partial charge on any atom is 0.257 e. The SMILES string of the molecule is [N-]=[N+]=S1Sc2c1ccc(Cl)c2Cl. The summed E-state index contributed by atoms with van der Waals surface area (Å²) in [7, 11) is 0.992. The Bertz CT molecular complexity index is 412. The molecule has 0 amide bonds. The number of halogens is 2. The fourth-order valence-electron chi connectivity index (χ4n) is 0.880. The molecule has 0 radical (unpaired) electrons. The van der Waals surface area contributed by atoms with Crippen molar-refractivity contribution in [3.8, 4) is 0 Å². The van der Waals surface area contributed by atoms with Crippen LogP contribution in [0.3, 0.4) is 0 Å². The highest BCUT2D eigenvalue weighted by Gasteiger charge is 2.31. The normalized spacial score (nSPS) is 19.3. The third kappa shape index (κ3) is 1.11. The highest BCUT2D eigenvalue weighted by molar-refractivity contribution is 8.72. The van der Waals surface area contributed by atoms with E-state index in [1.165, 1.54) is 10.8 Å². The highest BCUT2D eigenvalue weighted by Crippen LogP contribution is 2.48. The lowest BCUT2D eigenvalue weighted by atomic mass is 10.3. The zero-order chi connectivity index (χ0) is 8.72. The lowest BCUT2D eigenvalue weighted by Gasteiger charge is -2.14. The first-order valence-corrected chi connectivity index (χ1v) is 6.27. The van der Waals surface area contributed by atoms with E-state index in [9.17, 15) is 0 Å². The topological polar surface area (TPSA) is 36.4 Å². The minimum atomic E-state index is -0.443. The van der Waals surface area contributed by atoms with Crippen molar-refractivity contribution < 1.29 is 0 Å². The molecule has 1 atom stereocenters. The molecule has 0 fully saturated rings. The van der Waals surface area contributed by atoms with Crippen molar-refractivity contribution in [1.82, 2.24) is 4.16 Å². The largest absolute Gasteiger partial charge is 0.350 e. The second kappa shape index (κ2) is 3.05. The first-order chi connectivity index (χ1) is 5.74. The molecule has 0 saturated heterocycles. The average molecular weight is 237 g/mol. The van der Waals surface area contributed by atoms with Crippen LogP contribution in [-0.2, 0) is 9.72 Å². The van der Waals surface area contributed by atoms with Gasteiger partial charge in [-0.3, -0.25) is 0 Å². The summed E-state index contributed by atoms with van der Waals surface area (Å²) in [5, 5.41) is 1.11. The number of hydrogen-bond donors (Lipinski definition) is 0. The van der Waals surface area contributed by atoms with Crippen molar-refractivity contribution in [3.63, 3.8) is 0 Å². The molecule has 1 aromatic rings. The Labute approximate surface area is 85.3 Å². The molecule has 12 heavy (non-hydrogen) atoms. The molecule has 6 heteroatoms. The Morgan fingerprint density at radius 2 is 2.17 bits per heavy atom. The van der Waals surface area contributed by atoms with Crippen molar-refractivity contribution in [2.45, 2.75) is 9.79 Å². The second-order valence-electron chi connectivity index (χ2n) is 2.10. The zero-order valence-electron chi connectivity index (χ0n) is 5.62. The van der Waals surface area contributed by atoms with Gasteiger partial charge in [-0.2, -0.15) is 0 Å². The van der Waals surface area contributed by atoms with Gasteiger partial charge >= 0.3 is 0 Å². The molecule has 0 aliphatic carbocycles. The van der Waals surface area contributed by atoms with E-state index in [1.807, 2.05) is 6.07 Å². The Hall–Kier alpha value is 0.01000. The summed E-state index contributed by atoms with van der Waals surface area (Å²) in [5.74, 6) is 0. The number of benzene rings is 1. The monoisotopic (exact) mass is 236 g/mol. The van der Waals surface area contributed by atoms with Crippen molar-refractivity contribution >= 4 is 43.7 Å². The first kappa shape index (κ1) is 8.60. The molecule has 1 aliphatic heterocycles. The molecule has 1 aliphatic rings. The Kier molecular flexibility index (Phi) is 2.19. The van der Waals surface area contributed by atoms with E-state index < -0.39 is 9.72 Å². The maximum atomic E-state index is 8.53. The summed E-state index contributed by atoms with van der Waals surface area (Å²) < 4.78 is 3.19. The summed E-state index contributed by atoms with van der Waals surface area (Å²) in [5.41, 5.74) is 8.53. The van der Waals surface area contributed by atoms with Gasteiger partial charge in [-0.1, -0.05) is 23.2 Å². The molecule has 0 spiro atoms. The Morgan fingerprint density at radius 1 is 1.42 bits per heavy atom. The molecule has 1 aromatic carbocycles. The van der Waals surface area contributed by atoms with Crippen LogP contribution in [0.2, 0.25) is 10.0 Å². The van der Waals surface area contributed by atoms with Gasteiger partial charge in [0.25, 0.3) is 9.72 Å². The van der Waals surface area contributed by atoms with Gasteiger partial charge in [0.15, 0.2) is 0 Å². The van der Waals surface area contributed by atoms with E-state index in [-0.39, 0.29) is 0 Å². The van der Waals surface area contributed by atoms with Gasteiger partial charge in [-0.05, 0) is 12.1 Å². The van der Waals surface area contributed by atoms with Crippen LogP contribution in [0.1, 0.15) is 0 Å². The molecule has 2 nitrogen and oxygen atoms in total. The van der Waals surface area contributed by atoms with E-state index in [0.717, 1.165) is 9.79 Å². The van der Waals surface area contributed by atoms with Crippen molar-refractivity contribution in [2.75, 3.05) is 0 Å². The van der Waals surface area contributed by atoms with Gasteiger partial charge in [0, 0.05) is 10.8 Å². The minimum Gasteiger partial charge on any atom is -0.350 e. The average Bonchev–Trinajstić information content (AvgIpc) is 2.01. The van der Waals surface area contributed by atoms with Crippen LogP contribution in [0, 0.1) is 0 Å². The fourth-order valence-corrected chi connectivity index (χ4v) is 4.29.